The summed E-state index contributed by atoms with van der Waals surface area (Å²) in [6.07, 6.45) is 2.89. The molecule has 3 atom stereocenters. The van der Waals surface area contributed by atoms with E-state index in [1.54, 1.807) is 43.4 Å². The lowest BCUT2D eigenvalue weighted by Crippen LogP contribution is -2.51. The molecule has 2 amide bonds. The Morgan fingerprint density at radius 3 is 2.65 bits per heavy atom. The van der Waals surface area contributed by atoms with Crippen molar-refractivity contribution >= 4 is 16.1 Å². The fourth-order valence-corrected chi connectivity index (χ4v) is 5.69. The number of pyridine rings is 1. The number of aliphatic hydroxyl groups is 1. The van der Waals surface area contributed by atoms with Crippen LogP contribution in [0.3, 0.4) is 0 Å². The Kier molecular flexibility index (Phi) is 8.17. The number of benzene rings is 1. The van der Waals surface area contributed by atoms with E-state index in [-0.39, 0.29) is 48.3 Å². The molecule has 0 fully saturated rings. The van der Waals surface area contributed by atoms with Crippen molar-refractivity contribution in [3.05, 3.63) is 42.7 Å². The number of hydrogen-bond donors (Lipinski definition) is 2. The Morgan fingerprint density at radius 2 is 2.03 bits per heavy atom. The summed E-state index contributed by atoms with van der Waals surface area (Å²) < 4.78 is 34.8. The number of nitrogens with zero attached hydrogens (tertiary/aromatic N) is 3. The number of nitrogens with one attached hydrogen (secondary N) is 1. The predicted molar refractivity (Wildman–Crippen MR) is 130 cm³/mol. The van der Waals surface area contributed by atoms with Crippen molar-refractivity contribution in [1.29, 1.82) is 0 Å². The SMILES string of the molecule is CC(C)NC(=O)N(C)C[C@H]1Oc2cc(-c3cccnc3)ccc2S(=O)(=O)N([C@@H](C)CO)C[C@H]1C. The highest BCUT2D eigenvalue weighted by Gasteiger charge is 2.38. The van der Waals surface area contributed by atoms with Gasteiger partial charge in [0.1, 0.15) is 16.7 Å². The molecule has 186 valence electrons. The second-order valence-electron chi connectivity index (χ2n) is 9.13. The molecule has 2 aromatic rings. The molecular formula is C24H34N4O5S. The third-order valence-electron chi connectivity index (χ3n) is 5.87. The minimum Gasteiger partial charge on any atom is -0.487 e. The predicted octanol–water partition coefficient (Wildman–Crippen LogP) is 2.57. The van der Waals surface area contributed by atoms with Crippen LogP contribution in [0.5, 0.6) is 5.75 Å². The van der Waals surface area contributed by atoms with Crippen LogP contribution in [0.25, 0.3) is 11.1 Å². The van der Waals surface area contributed by atoms with Crippen LogP contribution < -0.4 is 10.1 Å². The molecule has 0 aliphatic carbocycles. The van der Waals surface area contributed by atoms with Crippen molar-refractivity contribution in [3.63, 3.8) is 0 Å². The van der Waals surface area contributed by atoms with Crippen LogP contribution in [0.4, 0.5) is 4.79 Å². The summed E-state index contributed by atoms with van der Waals surface area (Å²) in [6.45, 7) is 7.44. The first-order chi connectivity index (χ1) is 16.0. The monoisotopic (exact) mass is 490 g/mol. The Labute approximate surface area is 201 Å². The number of hydrogen-bond acceptors (Lipinski definition) is 6. The molecule has 3 rings (SSSR count). The molecule has 1 aliphatic rings. The average molecular weight is 491 g/mol. The van der Waals surface area contributed by atoms with E-state index in [1.165, 1.54) is 10.4 Å². The second kappa shape index (κ2) is 10.7. The highest BCUT2D eigenvalue weighted by Crippen LogP contribution is 2.36. The standard InChI is InChI=1S/C24H34N4O5S/c1-16(2)26-24(30)27(5)14-22-17(3)13-28(18(4)15-29)34(31,32)23-9-8-19(11-21(23)33-22)20-7-6-10-25-12-20/h6-12,16-18,22,29H,13-15H2,1-5H3,(H,26,30)/t17-,18+,22-/m1/s1. The third-order valence-corrected chi connectivity index (χ3v) is 7.89. The summed E-state index contributed by atoms with van der Waals surface area (Å²) in [4.78, 5) is 18.2. The number of aliphatic hydroxyl groups excluding tert-OH is 1. The molecule has 1 aliphatic heterocycles. The number of sulfonamides is 1. The van der Waals surface area contributed by atoms with Crippen LogP contribution in [-0.2, 0) is 10.0 Å². The van der Waals surface area contributed by atoms with Gasteiger partial charge in [0.15, 0.2) is 0 Å². The zero-order valence-electron chi connectivity index (χ0n) is 20.3. The Hall–Kier alpha value is -2.69. The van der Waals surface area contributed by atoms with Gasteiger partial charge < -0.3 is 20.1 Å². The number of fused-ring (bicyclic) bond motifs is 1. The number of carbonyl (C=O) groups excluding carboxylic acids is 1. The van der Waals surface area contributed by atoms with Crippen molar-refractivity contribution in [2.24, 2.45) is 5.92 Å². The lowest BCUT2D eigenvalue weighted by atomic mass is 10.0. The van der Waals surface area contributed by atoms with Gasteiger partial charge in [-0.2, -0.15) is 4.31 Å². The maximum atomic E-state index is 13.6. The summed E-state index contributed by atoms with van der Waals surface area (Å²) in [7, 11) is -2.25. The molecule has 1 aromatic carbocycles. The fourth-order valence-electron chi connectivity index (χ4n) is 3.87. The van der Waals surface area contributed by atoms with Gasteiger partial charge in [0.25, 0.3) is 0 Å². The highest BCUT2D eigenvalue weighted by atomic mass is 32.2. The molecule has 10 heteroatoms. The van der Waals surface area contributed by atoms with Crippen LogP contribution in [0, 0.1) is 5.92 Å². The number of ether oxygens (including phenoxy) is 1. The molecule has 1 aromatic heterocycles. The highest BCUT2D eigenvalue weighted by molar-refractivity contribution is 7.89. The molecule has 0 spiro atoms. The topological polar surface area (TPSA) is 112 Å². The van der Waals surface area contributed by atoms with E-state index in [0.29, 0.717) is 0 Å². The number of amides is 2. The van der Waals surface area contributed by atoms with E-state index in [4.69, 9.17) is 4.74 Å². The molecule has 34 heavy (non-hydrogen) atoms. The summed E-state index contributed by atoms with van der Waals surface area (Å²) >= 11 is 0. The van der Waals surface area contributed by atoms with Gasteiger partial charge in [0.2, 0.25) is 10.0 Å². The van der Waals surface area contributed by atoms with E-state index >= 15 is 0 Å². The molecule has 0 unspecified atom stereocenters. The van der Waals surface area contributed by atoms with E-state index in [1.807, 2.05) is 32.9 Å². The molecule has 0 radical (unpaired) electrons. The first-order valence-corrected chi connectivity index (χ1v) is 12.8. The number of urea groups is 1. The number of rotatable bonds is 6. The summed E-state index contributed by atoms with van der Waals surface area (Å²) in [5, 5.41) is 12.6. The minimum absolute atomic E-state index is 0.0144. The summed E-state index contributed by atoms with van der Waals surface area (Å²) in [6, 6.07) is 7.79. The smallest absolute Gasteiger partial charge is 0.317 e. The molecule has 9 nitrogen and oxygen atoms in total. The van der Waals surface area contributed by atoms with Crippen LogP contribution in [0.1, 0.15) is 27.7 Å². The molecule has 2 N–H and O–H groups in total. The van der Waals surface area contributed by atoms with Crippen molar-refractivity contribution < 1.29 is 23.1 Å². The van der Waals surface area contributed by atoms with Gasteiger partial charge in [-0.15, -0.1) is 0 Å². The van der Waals surface area contributed by atoms with E-state index in [2.05, 4.69) is 10.3 Å². The Bertz CT molecular complexity index is 1090. The van der Waals surface area contributed by atoms with Crippen LogP contribution >= 0.6 is 0 Å². The second-order valence-corrected chi connectivity index (χ2v) is 11.0. The van der Waals surface area contributed by atoms with Crippen LogP contribution in [-0.4, -0.2) is 78.7 Å². The van der Waals surface area contributed by atoms with Gasteiger partial charge in [-0.3, -0.25) is 4.98 Å². The van der Waals surface area contributed by atoms with E-state index in [9.17, 15) is 18.3 Å². The fraction of sp³-hybridized carbons (Fsp3) is 0.500. The van der Waals surface area contributed by atoms with Crippen LogP contribution in [0.15, 0.2) is 47.6 Å². The lowest BCUT2D eigenvalue weighted by molar-refractivity contribution is 0.0810. The van der Waals surface area contributed by atoms with Gasteiger partial charge >= 0.3 is 6.03 Å². The quantitative estimate of drug-likeness (QED) is 0.644. The van der Waals surface area contributed by atoms with Gasteiger partial charge in [-0.1, -0.05) is 19.1 Å². The lowest BCUT2D eigenvalue weighted by Gasteiger charge is -2.37. The zero-order valence-corrected chi connectivity index (χ0v) is 21.1. The van der Waals surface area contributed by atoms with Gasteiger partial charge in [-0.25, -0.2) is 13.2 Å². The molecule has 0 saturated heterocycles. The third kappa shape index (κ3) is 5.68. The molecule has 0 bridgehead atoms. The largest absolute Gasteiger partial charge is 0.487 e. The average Bonchev–Trinajstić information content (AvgIpc) is 2.80. The van der Waals surface area contributed by atoms with E-state index in [0.717, 1.165) is 11.1 Å². The van der Waals surface area contributed by atoms with Crippen molar-refractivity contribution in [3.8, 4) is 16.9 Å². The van der Waals surface area contributed by atoms with Crippen molar-refractivity contribution in [1.82, 2.24) is 19.5 Å². The number of carbonyl (C=O) groups is 1. The molecule has 2 heterocycles. The normalized spacial score (nSPS) is 21.0. The first kappa shape index (κ1) is 25.9. The Balaban J connectivity index is 2.06. The van der Waals surface area contributed by atoms with Gasteiger partial charge in [0, 0.05) is 49.6 Å². The van der Waals surface area contributed by atoms with Crippen molar-refractivity contribution in [2.45, 2.75) is 50.8 Å². The molecular weight excluding hydrogens is 456 g/mol. The summed E-state index contributed by atoms with van der Waals surface area (Å²) in [5.74, 6) is -0.0426. The number of likely N-dealkylation sites (N-methyl/N-ethyl adjacent to an activating group) is 1. The van der Waals surface area contributed by atoms with Crippen molar-refractivity contribution in [2.75, 3.05) is 26.7 Å². The van der Waals surface area contributed by atoms with Gasteiger partial charge in [0.05, 0.1) is 13.2 Å². The minimum atomic E-state index is -3.93. The maximum Gasteiger partial charge on any atom is 0.317 e. The van der Waals surface area contributed by atoms with Gasteiger partial charge in [-0.05, 0) is 44.5 Å². The summed E-state index contributed by atoms with van der Waals surface area (Å²) in [5.41, 5.74) is 1.59. The van der Waals surface area contributed by atoms with E-state index < -0.39 is 22.2 Å². The zero-order chi connectivity index (χ0) is 25.0. The maximum absolute atomic E-state index is 13.6. The van der Waals surface area contributed by atoms with Crippen LogP contribution in [0.2, 0.25) is 0 Å². The number of aromatic nitrogens is 1. The molecule has 0 saturated carbocycles. The first-order valence-electron chi connectivity index (χ1n) is 11.4. The Morgan fingerprint density at radius 1 is 1.29 bits per heavy atom.